The van der Waals surface area contributed by atoms with Crippen molar-refractivity contribution in [1.82, 2.24) is 4.90 Å². The average molecular weight is 366 g/mol. The molecule has 2 aromatic carbocycles. The number of nitrogens with zero attached hydrogens (tertiary/aromatic N) is 1. The van der Waals surface area contributed by atoms with Crippen LogP contribution in [0.3, 0.4) is 0 Å². The molecule has 1 heterocycles. The lowest BCUT2D eigenvalue weighted by atomic mass is 9.87. The summed E-state index contributed by atoms with van der Waals surface area (Å²) < 4.78 is 5.31. The van der Waals surface area contributed by atoms with Gasteiger partial charge in [-0.1, -0.05) is 39.0 Å². The van der Waals surface area contributed by atoms with Crippen LogP contribution in [0.25, 0.3) is 0 Å². The lowest BCUT2D eigenvalue weighted by Gasteiger charge is -2.21. The second-order valence-electron chi connectivity index (χ2n) is 7.46. The van der Waals surface area contributed by atoms with Gasteiger partial charge in [-0.2, -0.15) is 0 Å². The van der Waals surface area contributed by atoms with E-state index in [4.69, 9.17) is 4.74 Å². The van der Waals surface area contributed by atoms with Crippen molar-refractivity contribution >= 4 is 23.4 Å². The topological polar surface area (TPSA) is 75.7 Å². The molecular weight excluding hydrogens is 344 g/mol. The van der Waals surface area contributed by atoms with Gasteiger partial charge in [0.25, 0.3) is 11.8 Å². The van der Waals surface area contributed by atoms with Crippen LogP contribution in [-0.4, -0.2) is 36.3 Å². The van der Waals surface area contributed by atoms with Crippen LogP contribution in [0.5, 0.6) is 5.75 Å². The number of carbonyl (C=O) groups excluding carboxylic acids is 3. The van der Waals surface area contributed by atoms with Gasteiger partial charge in [-0.25, -0.2) is 0 Å². The predicted octanol–water partition coefficient (Wildman–Crippen LogP) is 3.23. The van der Waals surface area contributed by atoms with E-state index in [1.165, 1.54) is 7.11 Å². The number of nitrogens with one attached hydrogen (secondary N) is 1. The van der Waals surface area contributed by atoms with Crippen LogP contribution in [-0.2, 0) is 10.2 Å². The maximum Gasteiger partial charge on any atom is 0.262 e. The lowest BCUT2D eigenvalue weighted by Crippen LogP contribution is -2.37. The molecule has 2 aromatic rings. The number of hydrogen-bond donors (Lipinski definition) is 1. The van der Waals surface area contributed by atoms with Gasteiger partial charge in [0.1, 0.15) is 12.3 Å². The first-order valence-corrected chi connectivity index (χ1v) is 8.66. The Hall–Kier alpha value is -3.15. The molecule has 0 saturated heterocycles. The van der Waals surface area contributed by atoms with Gasteiger partial charge in [0, 0.05) is 0 Å². The Morgan fingerprint density at radius 3 is 2.15 bits per heavy atom. The number of amides is 3. The van der Waals surface area contributed by atoms with Gasteiger partial charge in [-0.05, 0) is 35.2 Å². The zero-order chi connectivity index (χ0) is 19.8. The molecule has 1 aliphatic rings. The summed E-state index contributed by atoms with van der Waals surface area (Å²) in [5.74, 6) is -0.866. The third-order valence-electron chi connectivity index (χ3n) is 4.52. The standard InChI is InChI=1S/C21H22N2O4/c1-21(2,3)13-9-10-17(27-4)16(11-13)22-18(24)12-23-19(25)14-7-5-6-8-15(14)20(23)26/h5-11H,12H2,1-4H3,(H,22,24). The zero-order valence-electron chi connectivity index (χ0n) is 15.8. The molecule has 0 bridgehead atoms. The van der Waals surface area contributed by atoms with Gasteiger partial charge in [0.15, 0.2) is 0 Å². The number of anilines is 1. The summed E-state index contributed by atoms with van der Waals surface area (Å²) in [7, 11) is 1.52. The monoisotopic (exact) mass is 366 g/mol. The highest BCUT2D eigenvalue weighted by Crippen LogP contribution is 2.31. The minimum atomic E-state index is -0.464. The van der Waals surface area contributed by atoms with Gasteiger partial charge >= 0.3 is 0 Å². The van der Waals surface area contributed by atoms with Gasteiger partial charge in [0.05, 0.1) is 23.9 Å². The minimum Gasteiger partial charge on any atom is -0.495 e. The van der Waals surface area contributed by atoms with E-state index in [1.54, 1.807) is 30.3 Å². The van der Waals surface area contributed by atoms with Gasteiger partial charge in [0.2, 0.25) is 5.91 Å². The molecule has 1 N–H and O–H groups in total. The normalized spacial score (nSPS) is 13.6. The van der Waals surface area contributed by atoms with Gasteiger partial charge in [-0.15, -0.1) is 0 Å². The number of benzene rings is 2. The highest BCUT2D eigenvalue weighted by Gasteiger charge is 2.36. The van der Waals surface area contributed by atoms with Crippen LogP contribution in [0.4, 0.5) is 5.69 Å². The van der Waals surface area contributed by atoms with Crippen molar-refractivity contribution in [3.8, 4) is 5.75 Å². The molecule has 0 fully saturated rings. The number of ether oxygens (including phenoxy) is 1. The SMILES string of the molecule is COc1ccc(C(C)(C)C)cc1NC(=O)CN1C(=O)c2ccccc2C1=O. The van der Waals surface area contributed by atoms with E-state index in [0.717, 1.165) is 10.5 Å². The molecule has 0 aliphatic carbocycles. The average Bonchev–Trinajstić information content (AvgIpc) is 2.86. The van der Waals surface area contributed by atoms with E-state index in [1.807, 2.05) is 12.1 Å². The molecule has 0 saturated carbocycles. The molecule has 3 rings (SSSR count). The molecule has 6 nitrogen and oxygen atoms in total. The molecule has 3 amide bonds. The summed E-state index contributed by atoms with van der Waals surface area (Å²) in [6.07, 6.45) is 0. The molecule has 1 aliphatic heterocycles. The van der Waals surface area contributed by atoms with Crippen LogP contribution in [0.15, 0.2) is 42.5 Å². The number of hydrogen-bond acceptors (Lipinski definition) is 4. The van der Waals surface area contributed by atoms with E-state index in [9.17, 15) is 14.4 Å². The Balaban J connectivity index is 1.79. The summed E-state index contributed by atoms with van der Waals surface area (Å²) in [6.45, 7) is 5.85. The van der Waals surface area contributed by atoms with E-state index < -0.39 is 17.7 Å². The third kappa shape index (κ3) is 3.56. The van der Waals surface area contributed by atoms with E-state index in [0.29, 0.717) is 22.6 Å². The Morgan fingerprint density at radius 1 is 1.04 bits per heavy atom. The molecule has 27 heavy (non-hydrogen) atoms. The first-order chi connectivity index (χ1) is 12.7. The Kier molecular flexibility index (Phi) is 4.74. The summed E-state index contributed by atoms with van der Waals surface area (Å²) >= 11 is 0. The number of fused-ring (bicyclic) bond motifs is 1. The maximum atomic E-state index is 12.5. The highest BCUT2D eigenvalue weighted by molar-refractivity contribution is 6.22. The van der Waals surface area contributed by atoms with Crippen LogP contribution in [0.2, 0.25) is 0 Å². The van der Waals surface area contributed by atoms with Crippen LogP contribution in [0, 0.1) is 0 Å². The zero-order valence-corrected chi connectivity index (χ0v) is 15.8. The highest BCUT2D eigenvalue weighted by atomic mass is 16.5. The number of carbonyl (C=O) groups is 3. The molecule has 0 aromatic heterocycles. The largest absolute Gasteiger partial charge is 0.495 e. The molecule has 0 atom stereocenters. The van der Waals surface area contributed by atoms with Crippen molar-refractivity contribution in [2.45, 2.75) is 26.2 Å². The van der Waals surface area contributed by atoms with Crippen LogP contribution in [0.1, 0.15) is 47.1 Å². The third-order valence-corrected chi connectivity index (χ3v) is 4.52. The van der Waals surface area contributed by atoms with Crippen molar-refractivity contribution in [2.75, 3.05) is 19.0 Å². The second kappa shape index (κ2) is 6.87. The fraction of sp³-hybridized carbons (Fsp3) is 0.286. The molecule has 140 valence electrons. The van der Waals surface area contributed by atoms with E-state index >= 15 is 0 Å². The molecule has 6 heteroatoms. The van der Waals surface area contributed by atoms with Crippen molar-refractivity contribution < 1.29 is 19.1 Å². The summed E-state index contributed by atoms with van der Waals surface area (Å²) in [6, 6.07) is 12.1. The van der Waals surface area contributed by atoms with Gasteiger partial charge < -0.3 is 10.1 Å². The number of imide groups is 1. The molecule has 0 radical (unpaired) electrons. The van der Waals surface area contributed by atoms with Gasteiger partial charge in [-0.3, -0.25) is 19.3 Å². The lowest BCUT2D eigenvalue weighted by molar-refractivity contribution is -0.116. The Morgan fingerprint density at radius 2 is 1.63 bits per heavy atom. The van der Waals surface area contributed by atoms with Crippen molar-refractivity contribution in [2.24, 2.45) is 0 Å². The summed E-state index contributed by atoms with van der Waals surface area (Å²) in [4.78, 5) is 38.3. The summed E-state index contributed by atoms with van der Waals surface area (Å²) in [5.41, 5.74) is 2.07. The summed E-state index contributed by atoms with van der Waals surface area (Å²) in [5, 5.41) is 2.76. The van der Waals surface area contributed by atoms with E-state index in [-0.39, 0.29) is 12.0 Å². The Bertz CT molecular complexity index is 893. The first kappa shape index (κ1) is 18.6. The molecule has 0 unspecified atom stereocenters. The van der Waals surface area contributed by atoms with Crippen LogP contribution < -0.4 is 10.1 Å². The maximum absolute atomic E-state index is 12.5. The molecular formula is C21H22N2O4. The van der Waals surface area contributed by atoms with Crippen molar-refractivity contribution in [1.29, 1.82) is 0 Å². The van der Waals surface area contributed by atoms with Crippen molar-refractivity contribution in [3.05, 3.63) is 59.2 Å². The quantitative estimate of drug-likeness (QED) is 0.843. The smallest absolute Gasteiger partial charge is 0.262 e. The number of methoxy groups -OCH3 is 1. The predicted molar refractivity (Wildman–Crippen MR) is 102 cm³/mol. The van der Waals surface area contributed by atoms with E-state index in [2.05, 4.69) is 26.1 Å². The molecule has 0 spiro atoms. The number of rotatable bonds is 4. The van der Waals surface area contributed by atoms with Crippen LogP contribution >= 0.6 is 0 Å². The van der Waals surface area contributed by atoms with Crippen molar-refractivity contribution in [3.63, 3.8) is 0 Å². The fourth-order valence-electron chi connectivity index (χ4n) is 2.99. The fourth-order valence-corrected chi connectivity index (χ4v) is 2.99. The Labute approximate surface area is 158 Å². The second-order valence-corrected chi connectivity index (χ2v) is 7.46. The minimum absolute atomic E-state index is 0.103. The first-order valence-electron chi connectivity index (χ1n) is 8.66.